The standard InChI is InChI=1S/C20H19F3N2O3/c1-12-4-6-16-15(8-12)19(13(2)25(16)10-18(27)28-3)14-5-7-17(26)24(9-14)11-20(21,22)23/h4-9H,10-11H2,1-3H3. The molecule has 0 aliphatic heterocycles. The number of carbonyl (C=O) groups is 1. The van der Waals surface area contributed by atoms with Gasteiger partial charge in [-0.25, -0.2) is 0 Å². The molecule has 2 heterocycles. The molecule has 2 aromatic heterocycles. The number of fused-ring (bicyclic) bond motifs is 1. The highest BCUT2D eigenvalue weighted by atomic mass is 19.4. The zero-order chi connectivity index (χ0) is 20.6. The summed E-state index contributed by atoms with van der Waals surface area (Å²) in [6.07, 6.45) is -3.30. The van der Waals surface area contributed by atoms with Crippen molar-refractivity contribution in [3.8, 4) is 11.1 Å². The van der Waals surface area contributed by atoms with Crippen LogP contribution in [0.15, 0.2) is 41.3 Å². The Morgan fingerprint density at radius 1 is 1.14 bits per heavy atom. The minimum Gasteiger partial charge on any atom is -0.468 e. The van der Waals surface area contributed by atoms with Crippen LogP contribution in [-0.4, -0.2) is 28.4 Å². The maximum absolute atomic E-state index is 12.8. The van der Waals surface area contributed by atoms with Gasteiger partial charge in [0.15, 0.2) is 0 Å². The number of nitrogens with zero attached hydrogens (tertiary/aromatic N) is 2. The number of esters is 1. The molecule has 0 radical (unpaired) electrons. The summed E-state index contributed by atoms with van der Waals surface area (Å²) in [5.74, 6) is -0.436. The second-order valence-corrected chi connectivity index (χ2v) is 6.64. The van der Waals surface area contributed by atoms with Crippen molar-refractivity contribution in [3.63, 3.8) is 0 Å². The molecule has 0 saturated heterocycles. The third kappa shape index (κ3) is 3.81. The molecule has 3 rings (SSSR count). The van der Waals surface area contributed by atoms with Crippen molar-refractivity contribution in [2.45, 2.75) is 33.1 Å². The largest absolute Gasteiger partial charge is 0.468 e. The van der Waals surface area contributed by atoms with E-state index in [2.05, 4.69) is 0 Å². The number of methoxy groups -OCH3 is 1. The van der Waals surface area contributed by atoms with Gasteiger partial charge in [-0.2, -0.15) is 13.2 Å². The van der Waals surface area contributed by atoms with E-state index >= 15 is 0 Å². The molecule has 0 bridgehead atoms. The van der Waals surface area contributed by atoms with Crippen molar-refractivity contribution in [2.24, 2.45) is 0 Å². The van der Waals surface area contributed by atoms with E-state index in [1.807, 2.05) is 25.1 Å². The Balaban J connectivity index is 2.24. The van der Waals surface area contributed by atoms with E-state index in [1.165, 1.54) is 19.4 Å². The molecule has 8 heteroatoms. The Hall–Kier alpha value is -3.03. The number of ether oxygens (including phenoxy) is 1. The lowest BCUT2D eigenvalue weighted by atomic mass is 10.0. The first-order valence-corrected chi connectivity index (χ1v) is 8.54. The lowest BCUT2D eigenvalue weighted by Crippen LogP contribution is -2.27. The molecule has 0 fully saturated rings. The topological polar surface area (TPSA) is 53.2 Å². The first-order chi connectivity index (χ1) is 13.1. The average molecular weight is 392 g/mol. The number of hydrogen-bond donors (Lipinski definition) is 0. The van der Waals surface area contributed by atoms with Crippen molar-refractivity contribution >= 4 is 16.9 Å². The molecule has 28 heavy (non-hydrogen) atoms. The zero-order valence-electron chi connectivity index (χ0n) is 15.6. The summed E-state index contributed by atoms with van der Waals surface area (Å²) in [5.41, 5.74) is 2.85. The molecule has 0 N–H and O–H groups in total. The van der Waals surface area contributed by atoms with Crippen LogP contribution in [0.2, 0.25) is 0 Å². The van der Waals surface area contributed by atoms with Gasteiger partial charge in [-0.1, -0.05) is 11.6 Å². The van der Waals surface area contributed by atoms with Crippen molar-refractivity contribution in [1.82, 2.24) is 9.13 Å². The number of benzene rings is 1. The number of aromatic nitrogens is 2. The van der Waals surface area contributed by atoms with Crippen LogP contribution in [0.4, 0.5) is 13.2 Å². The minimum absolute atomic E-state index is 0.0237. The smallest absolute Gasteiger partial charge is 0.406 e. The summed E-state index contributed by atoms with van der Waals surface area (Å²) in [7, 11) is 1.29. The Morgan fingerprint density at radius 3 is 2.50 bits per heavy atom. The third-order valence-corrected chi connectivity index (χ3v) is 4.62. The van der Waals surface area contributed by atoms with E-state index in [4.69, 9.17) is 4.74 Å². The molecule has 148 valence electrons. The minimum atomic E-state index is -4.51. The van der Waals surface area contributed by atoms with E-state index in [0.29, 0.717) is 21.4 Å². The Labute approximate surface area is 159 Å². The third-order valence-electron chi connectivity index (χ3n) is 4.62. The molecular weight excluding hydrogens is 373 g/mol. The quantitative estimate of drug-likeness (QED) is 0.635. The lowest BCUT2D eigenvalue weighted by molar-refractivity contribution is -0.142. The van der Waals surface area contributed by atoms with Gasteiger partial charge in [-0.3, -0.25) is 9.59 Å². The van der Waals surface area contributed by atoms with E-state index in [0.717, 1.165) is 22.5 Å². The molecule has 0 spiro atoms. The highest BCUT2D eigenvalue weighted by Crippen LogP contribution is 2.35. The van der Waals surface area contributed by atoms with Crippen molar-refractivity contribution < 1.29 is 22.7 Å². The van der Waals surface area contributed by atoms with Gasteiger partial charge in [0.2, 0.25) is 0 Å². The van der Waals surface area contributed by atoms with Gasteiger partial charge in [-0.15, -0.1) is 0 Å². The van der Waals surface area contributed by atoms with Gasteiger partial charge >= 0.3 is 12.1 Å². The Morgan fingerprint density at radius 2 is 1.86 bits per heavy atom. The summed E-state index contributed by atoms with van der Waals surface area (Å²) < 4.78 is 45.6. The summed E-state index contributed by atoms with van der Waals surface area (Å²) in [6, 6.07) is 8.28. The highest BCUT2D eigenvalue weighted by molar-refractivity contribution is 5.99. The normalized spacial score (nSPS) is 11.8. The first-order valence-electron chi connectivity index (χ1n) is 8.54. The van der Waals surface area contributed by atoms with Crippen molar-refractivity contribution in [3.05, 3.63) is 58.1 Å². The summed E-state index contributed by atoms with van der Waals surface area (Å²) in [5, 5.41) is 0.790. The van der Waals surface area contributed by atoms with Gasteiger partial charge in [0.1, 0.15) is 13.1 Å². The van der Waals surface area contributed by atoms with Crippen molar-refractivity contribution in [1.29, 1.82) is 0 Å². The fraction of sp³-hybridized carbons (Fsp3) is 0.300. The predicted octanol–water partition coefficient (Wildman–Crippen LogP) is 3.82. The molecule has 3 aromatic rings. The number of pyridine rings is 1. The number of rotatable bonds is 4. The van der Waals surface area contributed by atoms with Crippen LogP contribution in [0.25, 0.3) is 22.0 Å². The van der Waals surface area contributed by atoms with Crippen LogP contribution in [-0.2, 0) is 22.6 Å². The number of halogens is 3. The van der Waals surface area contributed by atoms with Crippen LogP contribution < -0.4 is 5.56 Å². The van der Waals surface area contributed by atoms with E-state index in [-0.39, 0.29) is 6.54 Å². The lowest BCUT2D eigenvalue weighted by Gasteiger charge is -2.11. The second-order valence-electron chi connectivity index (χ2n) is 6.64. The van der Waals surface area contributed by atoms with Gasteiger partial charge in [0.25, 0.3) is 5.56 Å². The Bertz CT molecular complexity index is 1110. The fourth-order valence-corrected chi connectivity index (χ4v) is 3.35. The fourth-order valence-electron chi connectivity index (χ4n) is 3.35. The second kappa shape index (κ2) is 7.18. The first kappa shape index (κ1) is 19.7. The molecule has 0 aliphatic rings. The summed E-state index contributed by atoms with van der Waals surface area (Å²) in [4.78, 5) is 23.7. The monoisotopic (exact) mass is 392 g/mol. The molecular formula is C20H19F3N2O3. The average Bonchev–Trinajstić information content (AvgIpc) is 2.87. The van der Waals surface area contributed by atoms with E-state index < -0.39 is 24.2 Å². The number of hydrogen-bond acceptors (Lipinski definition) is 3. The van der Waals surface area contributed by atoms with E-state index in [9.17, 15) is 22.8 Å². The number of aryl methyl sites for hydroxylation is 1. The van der Waals surface area contributed by atoms with Crippen LogP contribution in [0.3, 0.4) is 0 Å². The predicted molar refractivity (Wildman–Crippen MR) is 99.2 cm³/mol. The van der Waals surface area contributed by atoms with Gasteiger partial charge < -0.3 is 13.9 Å². The maximum Gasteiger partial charge on any atom is 0.406 e. The molecule has 5 nitrogen and oxygen atoms in total. The molecule has 0 atom stereocenters. The maximum atomic E-state index is 12.8. The SMILES string of the molecule is COC(=O)Cn1c(C)c(-c2ccc(=O)n(CC(F)(F)F)c2)c2cc(C)ccc21. The molecule has 1 aromatic carbocycles. The van der Waals surface area contributed by atoms with E-state index in [1.54, 1.807) is 11.5 Å². The number of carbonyl (C=O) groups excluding carboxylic acids is 1. The zero-order valence-corrected chi connectivity index (χ0v) is 15.6. The summed E-state index contributed by atoms with van der Waals surface area (Å²) >= 11 is 0. The molecule has 0 unspecified atom stereocenters. The van der Waals surface area contributed by atoms with Gasteiger partial charge in [0, 0.05) is 40.0 Å². The number of alkyl halides is 3. The molecule has 0 saturated carbocycles. The van der Waals surface area contributed by atoms with Crippen LogP contribution in [0, 0.1) is 13.8 Å². The summed E-state index contributed by atoms with van der Waals surface area (Å²) in [6.45, 7) is 2.30. The highest BCUT2D eigenvalue weighted by Gasteiger charge is 2.28. The van der Waals surface area contributed by atoms with Crippen LogP contribution in [0.5, 0.6) is 0 Å². The Kier molecular flexibility index (Phi) is 5.06. The molecule has 0 aliphatic carbocycles. The molecule has 0 amide bonds. The van der Waals surface area contributed by atoms with Gasteiger partial charge in [-0.05, 0) is 32.0 Å². The van der Waals surface area contributed by atoms with Crippen LogP contribution in [0.1, 0.15) is 11.3 Å². The van der Waals surface area contributed by atoms with Crippen LogP contribution >= 0.6 is 0 Å². The van der Waals surface area contributed by atoms with Gasteiger partial charge in [0.05, 0.1) is 7.11 Å². The van der Waals surface area contributed by atoms with Crippen molar-refractivity contribution in [2.75, 3.05) is 7.11 Å².